The lowest BCUT2D eigenvalue weighted by molar-refractivity contribution is 0.0945. The van der Waals surface area contributed by atoms with Crippen molar-refractivity contribution in [2.24, 2.45) is 0 Å². The van der Waals surface area contributed by atoms with Gasteiger partial charge in [0.2, 0.25) is 0 Å². The Kier molecular flexibility index (Phi) is 18.4. The molecule has 0 heterocycles. The van der Waals surface area contributed by atoms with Gasteiger partial charge in [0, 0.05) is 17.2 Å². The number of amides is 1. The zero-order valence-electron chi connectivity index (χ0n) is 24.2. The highest BCUT2D eigenvalue weighted by atomic mass is 32.2. The zero-order chi connectivity index (χ0) is 28.2. The normalized spacial score (nSPS) is 12.5. The number of carbonyl (C=O) groups is 1. The highest BCUT2D eigenvalue weighted by Crippen LogP contribution is 2.49. The first-order valence-corrected chi connectivity index (χ1v) is 16.1. The number of phosphoric ester groups is 1. The van der Waals surface area contributed by atoms with Crippen LogP contribution >= 0.6 is 19.6 Å². The second-order valence-corrected chi connectivity index (χ2v) is 12.1. The summed E-state index contributed by atoms with van der Waals surface area (Å²) < 4.78 is 27.8. The molecule has 0 saturated heterocycles. The number of unbranched alkanes of at least 4 members (excludes halogenated alkanes) is 1. The molecule has 1 aromatic rings. The number of benzene rings is 1. The molecular formula is C30H48NO5PS. The minimum Gasteiger partial charge on any atom is -0.352 e. The number of hydrogen-bond donors (Lipinski definition) is 1. The summed E-state index contributed by atoms with van der Waals surface area (Å²) in [6, 6.07) is 7.71. The van der Waals surface area contributed by atoms with Gasteiger partial charge in [-0.3, -0.25) is 18.4 Å². The number of carbonyl (C=O) groups excluding carboxylic acids is 1. The second-order valence-electron chi connectivity index (χ2n) is 9.35. The van der Waals surface area contributed by atoms with Gasteiger partial charge in [0.25, 0.3) is 5.91 Å². The van der Waals surface area contributed by atoms with Crippen LogP contribution in [0.25, 0.3) is 0 Å². The van der Waals surface area contributed by atoms with Gasteiger partial charge in [-0.15, -0.1) is 11.8 Å². The predicted octanol–water partition coefficient (Wildman–Crippen LogP) is 8.91. The van der Waals surface area contributed by atoms with Gasteiger partial charge in [0.15, 0.2) is 0 Å². The van der Waals surface area contributed by atoms with Crippen molar-refractivity contribution in [1.82, 2.24) is 5.32 Å². The predicted molar refractivity (Wildman–Crippen MR) is 161 cm³/mol. The molecule has 0 atom stereocenters. The van der Waals surface area contributed by atoms with Crippen LogP contribution in [0.3, 0.4) is 0 Å². The van der Waals surface area contributed by atoms with Crippen molar-refractivity contribution in [2.75, 3.05) is 32.1 Å². The fraction of sp³-hybridized carbons (Fsp3) is 0.567. The van der Waals surface area contributed by atoms with Crippen LogP contribution in [0.15, 0.2) is 64.1 Å². The van der Waals surface area contributed by atoms with Gasteiger partial charge in [-0.2, -0.15) is 0 Å². The number of phosphoric acid groups is 1. The highest BCUT2D eigenvalue weighted by molar-refractivity contribution is 7.99. The minimum absolute atomic E-state index is 0.0854. The molecule has 0 fully saturated rings. The van der Waals surface area contributed by atoms with Crippen LogP contribution in [0.2, 0.25) is 0 Å². The summed E-state index contributed by atoms with van der Waals surface area (Å²) in [6.07, 6.45) is 12.6. The molecule has 1 rings (SSSR count). The quantitative estimate of drug-likeness (QED) is 0.0736. The standard InChI is InChI=1S/C30H48NO5PS/c1-7-34-37(33,35-8-2)36-23-12-11-22-31-30(32)28-19-9-10-20-29(28)38-24-21-27(6)18-14-17-26(5)16-13-15-25(3)4/h9-10,15,17,19-21H,7-8,11-14,16,18,22-24H2,1-6H3,(H,31,32). The highest BCUT2D eigenvalue weighted by Gasteiger charge is 2.24. The van der Waals surface area contributed by atoms with E-state index < -0.39 is 7.82 Å². The van der Waals surface area contributed by atoms with Gasteiger partial charge >= 0.3 is 7.82 Å². The molecule has 1 N–H and O–H groups in total. The summed E-state index contributed by atoms with van der Waals surface area (Å²) in [5.41, 5.74) is 4.89. The van der Waals surface area contributed by atoms with E-state index in [1.165, 1.54) is 16.7 Å². The monoisotopic (exact) mass is 565 g/mol. The lowest BCUT2D eigenvalue weighted by atomic mass is 10.1. The minimum atomic E-state index is -3.48. The number of rotatable bonds is 20. The fourth-order valence-electron chi connectivity index (χ4n) is 3.52. The topological polar surface area (TPSA) is 73.9 Å². The Labute approximate surface area is 235 Å². The zero-order valence-corrected chi connectivity index (χ0v) is 25.9. The lowest BCUT2D eigenvalue weighted by Gasteiger charge is -2.16. The van der Waals surface area contributed by atoms with Crippen LogP contribution in [-0.2, 0) is 18.1 Å². The molecule has 0 aliphatic heterocycles. The summed E-state index contributed by atoms with van der Waals surface area (Å²) in [7, 11) is -3.48. The molecule has 0 aliphatic rings. The third-order valence-corrected chi connectivity index (χ3v) is 8.25. The first-order valence-electron chi connectivity index (χ1n) is 13.7. The van der Waals surface area contributed by atoms with E-state index in [1.807, 2.05) is 24.3 Å². The number of thioether (sulfide) groups is 1. The molecule has 8 heteroatoms. The van der Waals surface area contributed by atoms with Crippen LogP contribution in [0.5, 0.6) is 0 Å². The molecule has 38 heavy (non-hydrogen) atoms. The smallest absolute Gasteiger partial charge is 0.352 e. The molecule has 0 unspecified atom stereocenters. The van der Waals surface area contributed by atoms with Gasteiger partial charge in [0.05, 0.1) is 25.4 Å². The Bertz CT molecular complexity index is 959. The van der Waals surface area contributed by atoms with E-state index in [1.54, 1.807) is 25.6 Å². The van der Waals surface area contributed by atoms with Gasteiger partial charge in [-0.05, 0) is 92.2 Å². The van der Waals surface area contributed by atoms with Crippen molar-refractivity contribution in [2.45, 2.75) is 85.0 Å². The van der Waals surface area contributed by atoms with E-state index in [0.29, 0.717) is 24.9 Å². The average molecular weight is 566 g/mol. The molecule has 0 radical (unpaired) electrons. The van der Waals surface area contributed by atoms with E-state index in [2.05, 4.69) is 51.2 Å². The van der Waals surface area contributed by atoms with Crippen LogP contribution in [0.1, 0.15) is 90.4 Å². The van der Waals surface area contributed by atoms with E-state index in [4.69, 9.17) is 13.6 Å². The fourth-order valence-corrected chi connectivity index (χ4v) is 5.77. The molecular weight excluding hydrogens is 517 g/mol. The number of allylic oxidation sites excluding steroid dienone is 5. The largest absolute Gasteiger partial charge is 0.474 e. The maximum Gasteiger partial charge on any atom is 0.474 e. The Morgan fingerprint density at radius 2 is 1.53 bits per heavy atom. The summed E-state index contributed by atoms with van der Waals surface area (Å²) in [6.45, 7) is 13.4. The van der Waals surface area contributed by atoms with Gasteiger partial charge in [-0.25, -0.2) is 4.57 Å². The number of hydrogen-bond acceptors (Lipinski definition) is 6. The first kappa shape index (κ1) is 34.4. The molecule has 0 aromatic heterocycles. The van der Waals surface area contributed by atoms with Crippen molar-refractivity contribution in [1.29, 1.82) is 0 Å². The summed E-state index contributed by atoms with van der Waals surface area (Å²) >= 11 is 1.68. The van der Waals surface area contributed by atoms with Gasteiger partial charge in [0.1, 0.15) is 0 Å². The number of nitrogens with one attached hydrogen (secondary N) is 1. The van der Waals surface area contributed by atoms with Gasteiger partial charge in [-0.1, -0.05) is 47.1 Å². The Morgan fingerprint density at radius 3 is 2.18 bits per heavy atom. The van der Waals surface area contributed by atoms with Gasteiger partial charge < -0.3 is 5.32 Å². The first-order chi connectivity index (χ1) is 18.2. The molecule has 0 spiro atoms. The third kappa shape index (κ3) is 15.7. The molecule has 0 bridgehead atoms. The lowest BCUT2D eigenvalue weighted by Crippen LogP contribution is -2.25. The maximum atomic E-state index is 12.8. The van der Waals surface area contributed by atoms with E-state index in [0.717, 1.165) is 36.3 Å². The van der Waals surface area contributed by atoms with Crippen LogP contribution in [-0.4, -0.2) is 38.0 Å². The molecule has 1 amide bonds. The summed E-state index contributed by atoms with van der Waals surface area (Å²) in [5.74, 6) is 0.744. The Balaban J connectivity index is 2.42. The third-order valence-electron chi connectivity index (χ3n) is 5.61. The molecule has 0 aliphatic carbocycles. The SMILES string of the molecule is CCOP(=O)(OCC)OCCCCNC(=O)c1ccccc1SCC=C(C)CCC=C(C)CCC=C(C)C. The molecule has 1 aromatic carbocycles. The summed E-state index contributed by atoms with van der Waals surface area (Å²) in [5, 5.41) is 2.98. The maximum absolute atomic E-state index is 12.8. The summed E-state index contributed by atoms with van der Waals surface area (Å²) in [4.78, 5) is 13.8. The Hall–Kier alpha value is -1.63. The Morgan fingerprint density at radius 1 is 0.895 bits per heavy atom. The molecule has 6 nitrogen and oxygen atoms in total. The van der Waals surface area contributed by atoms with Crippen LogP contribution < -0.4 is 5.32 Å². The van der Waals surface area contributed by atoms with E-state index >= 15 is 0 Å². The van der Waals surface area contributed by atoms with E-state index in [9.17, 15) is 9.36 Å². The molecule has 214 valence electrons. The molecule has 0 saturated carbocycles. The average Bonchev–Trinajstić information content (AvgIpc) is 2.86. The second kappa shape index (κ2) is 20.3. The van der Waals surface area contributed by atoms with Crippen molar-refractivity contribution < 1.29 is 22.9 Å². The van der Waals surface area contributed by atoms with Crippen molar-refractivity contribution >= 4 is 25.5 Å². The van der Waals surface area contributed by atoms with Crippen molar-refractivity contribution in [3.63, 3.8) is 0 Å². The van der Waals surface area contributed by atoms with E-state index in [-0.39, 0.29) is 25.7 Å². The van der Waals surface area contributed by atoms with Crippen LogP contribution in [0, 0.1) is 0 Å². The van der Waals surface area contributed by atoms with Crippen molar-refractivity contribution in [3.05, 3.63) is 64.8 Å². The van der Waals surface area contributed by atoms with Crippen molar-refractivity contribution in [3.8, 4) is 0 Å². The van der Waals surface area contributed by atoms with Crippen LogP contribution in [0.4, 0.5) is 0 Å².